The minimum atomic E-state index is 0.437. The summed E-state index contributed by atoms with van der Waals surface area (Å²) < 4.78 is 1.90. The van der Waals surface area contributed by atoms with Crippen molar-refractivity contribution in [2.75, 3.05) is 13.1 Å². The standard InChI is InChI=1S/C22H26N6/c1-4-23-17(3)19-8-5-7-18(12-19)13-27-10-6-9-20(14-27)21-11-16(2)26-22-24-15-25-28(21)22/h4-5,7-8,11-12,15,20H,1,6,9-10,13-14H2,2-3H3. The lowest BCUT2D eigenvalue weighted by atomic mass is 9.93. The van der Waals surface area contributed by atoms with Gasteiger partial charge in [0, 0.05) is 36.6 Å². The highest BCUT2D eigenvalue weighted by atomic mass is 15.3. The summed E-state index contributed by atoms with van der Waals surface area (Å²) in [5.74, 6) is 1.13. The van der Waals surface area contributed by atoms with Crippen LogP contribution in [0.2, 0.25) is 0 Å². The number of likely N-dealkylation sites (tertiary alicyclic amines) is 1. The van der Waals surface area contributed by atoms with E-state index in [-0.39, 0.29) is 0 Å². The third-order valence-corrected chi connectivity index (χ3v) is 5.37. The predicted octanol–water partition coefficient (Wildman–Crippen LogP) is 3.76. The molecule has 1 aromatic carbocycles. The molecule has 0 amide bonds. The lowest BCUT2D eigenvalue weighted by Gasteiger charge is -2.33. The summed E-state index contributed by atoms with van der Waals surface area (Å²) in [5, 5.41) is 4.40. The minimum absolute atomic E-state index is 0.437. The van der Waals surface area contributed by atoms with Crippen LogP contribution in [0.5, 0.6) is 0 Å². The summed E-state index contributed by atoms with van der Waals surface area (Å²) in [6.07, 6.45) is 5.53. The lowest BCUT2D eigenvalue weighted by Crippen LogP contribution is -2.34. The molecule has 2 aromatic heterocycles. The van der Waals surface area contributed by atoms with E-state index in [0.717, 1.165) is 36.6 Å². The molecule has 6 heteroatoms. The van der Waals surface area contributed by atoms with Gasteiger partial charge in [-0.2, -0.15) is 10.1 Å². The zero-order chi connectivity index (χ0) is 19.5. The van der Waals surface area contributed by atoms with Gasteiger partial charge in [0.05, 0.1) is 5.69 Å². The molecule has 0 saturated carbocycles. The van der Waals surface area contributed by atoms with E-state index in [1.165, 1.54) is 24.1 Å². The lowest BCUT2D eigenvalue weighted by molar-refractivity contribution is 0.197. The molecule has 144 valence electrons. The molecule has 1 saturated heterocycles. The Morgan fingerprint density at radius 1 is 1.36 bits per heavy atom. The number of nitrogens with zero attached hydrogens (tertiary/aromatic N) is 6. The molecule has 3 aromatic rings. The molecular weight excluding hydrogens is 348 g/mol. The number of aromatic nitrogens is 4. The van der Waals surface area contributed by atoms with Crippen LogP contribution in [0.25, 0.3) is 5.78 Å². The summed E-state index contributed by atoms with van der Waals surface area (Å²) >= 11 is 0. The van der Waals surface area contributed by atoms with Gasteiger partial charge in [-0.1, -0.05) is 24.8 Å². The highest BCUT2D eigenvalue weighted by molar-refractivity contribution is 5.99. The van der Waals surface area contributed by atoms with E-state index in [9.17, 15) is 0 Å². The first-order chi connectivity index (χ1) is 13.6. The van der Waals surface area contributed by atoms with Crippen LogP contribution in [0.15, 0.2) is 54.4 Å². The van der Waals surface area contributed by atoms with Gasteiger partial charge in [-0.25, -0.2) is 9.50 Å². The monoisotopic (exact) mass is 374 g/mol. The molecule has 1 aliphatic heterocycles. The number of hydrogen-bond donors (Lipinski definition) is 0. The van der Waals surface area contributed by atoms with Crippen molar-refractivity contribution in [1.82, 2.24) is 24.5 Å². The van der Waals surface area contributed by atoms with Crippen LogP contribution in [-0.2, 0) is 6.54 Å². The molecule has 1 atom stereocenters. The number of aliphatic imine (C=N–C) groups is 1. The maximum atomic E-state index is 4.48. The van der Waals surface area contributed by atoms with Crippen LogP contribution in [0.3, 0.4) is 0 Å². The third-order valence-electron chi connectivity index (χ3n) is 5.37. The summed E-state index contributed by atoms with van der Waals surface area (Å²) in [7, 11) is 0. The zero-order valence-corrected chi connectivity index (χ0v) is 16.5. The van der Waals surface area contributed by atoms with E-state index in [1.54, 1.807) is 12.5 Å². The average Bonchev–Trinajstić information content (AvgIpc) is 3.16. The predicted molar refractivity (Wildman–Crippen MR) is 112 cm³/mol. The van der Waals surface area contributed by atoms with Crippen molar-refractivity contribution >= 4 is 11.5 Å². The Bertz CT molecular complexity index is 1020. The van der Waals surface area contributed by atoms with E-state index in [1.807, 2.05) is 18.4 Å². The first-order valence-corrected chi connectivity index (χ1v) is 9.78. The van der Waals surface area contributed by atoms with Crippen LogP contribution in [0.4, 0.5) is 0 Å². The number of hydrogen-bond acceptors (Lipinski definition) is 5. The van der Waals surface area contributed by atoms with E-state index in [2.05, 4.69) is 61.9 Å². The van der Waals surface area contributed by atoms with Crippen LogP contribution >= 0.6 is 0 Å². The molecule has 0 spiro atoms. The van der Waals surface area contributed by atoms with Crippen molar-refractivity contribution in [3.8, 4) is 0 Å². The Kier molecular flexibility index (Phi) is 5.30. The second kappa shape index (κ2) is 8.02. The van der Waals surface area contributed by atoms with Gasteiger partial charge in [-0.05, 0) is 56.5 Å². The summed E-state index contributed by atoms with van der Waals surface area (Å²) in [5.41, 5.74) is 5.67. The normalized spacial score (nSPS) is 18.5. The SMILES string of the molecule is C=CN=C(C)c1cccc(CN2CCCC(c3cc(C)nc4ncnn34)C2)c1. The number of aryl methyl sites for hydroxylation is 1. The van der Waals surface area contributed by atoms with Crippen LogP contribution in [0.1, 0.15) is 48.2 Å². The van der Waals surface area contributed by atoms with Gasteiger partial charge in [0.15, 0.2) is 0 Å². The van der Waals surface area contributed by atoms with Gasteiger partial charge < -0.3 is 0 Å². The molecule has 1 fully saturated rings. The average molecular weight is 374 g/mol. The van der Waals surface area contributed by atoms with Crippen molar-refractivity contribution in [3.05, 3.63) is 72.0 Å². The topological polar surface area (TPSA) is 58.7 Å². The van der Waals surface area contributed by atoms with Crippen molar-refractivity contribution in [3.63, 3.8) is 0 Å². The first kappa shape index (κ1) is 18.5. The van der Waals surface area contributed by atoms with Gasteiger partial charge in [0.1, 0.15) is 6.33 Å². The molecule has 3 heterocycles. The molecule has 4 rings (SSSR count). The molecule has 0 aliphatic carbocycles. The van der Waals surface area contributed by atoms with Gasteiger partial charge in [-0.3, -0.25) is 9.89 Å². The maximum Gasteiger partial charge on any atom is 0.252 e. The molecule has 1 aliphatic rings. The van der Waals surface area contributed by atoms with Crippen LogP contribution in [0, 0.1) is 6.92 Å². The van der Waals surface area contributed by atoms with E-state index in [4.69, 9.17) is 0 Å². The Balaban J connectivity index is 1.53. The highest BCUT2D eigenvalue weighted by Crippen LogP contribution is 2.28. The van der Waals surface area contributed by atoms with Gasteiger partial charge in [0.25, 0.3) is 5.78 Å². The first-order valence-electron chi connectivity index (χ1n) is 9.78. The molecule has 6 nitrogen and oxygen atoms in total. The second-order valence-electron chi connectivity index (χ2n) is 7.47. The van der Waals surface area contributed by atoms with Crippen LogP contribution in [-0.4, -0.2) is 43.3 Å². The molecule has 28 heavy (non-hydrogen) atoms. The van der Waals surface area contributed by atoms with Crippen molar-refractivity contribution in [1.29, 1.82) is 0 Å². The van der Waals surface area contributed by atoms with Crippen molar-refractivity contribution in [2.45, 2.75) is 39.2 Å². The van der Waals surface area contributed by atoms with E-state index < -0.39 is 0 Å². The molecular formula is C22H26N6. The Hall–Kier alpha value is -2.86. The van der Waals surface area contributed by atoms with Gasteiger partial charge >= 0.3 is 0 Å². The molecule has 0 radical (unpaired) electrons. The summed E-state index contributed by atoms with van der Waals surface area (Å²) in [6, 6.07) is 10.8. The quantitative estimate of drug-likeness (QED) is 0.638. The molecule has 0 bridgehead atoms. The van der Waals surface area contributed by atoms with Crippen molar-refractivity contribution < 1.29 is 0 Å². The number of piperidine rings is 1. The van der Waals surface area contributed by atoms with Crippen molar-refractivity contribution in [2.24, 2.45) is 4.99 Å². The molecule has 1 unspecified atom stereocenters. The summed E-state index contributed by atoms with van der Waals surface area (Å²) in [6.45, 7) is 10.8. The maximum absolute atomic E-state index is 4.48. The fourth-order valence-electron chi connectivity index (χ4n) is 4.05. The molecule has 0 N–H and O–H groups in total. The third kappa shape index (κ3) is 3.87. The number of fused-ring (bicyclic) bond motifs is 1. The highest BCUT2D eigenvalue weighted by Gasteiger charge is 2.24. The van der Waals surface area contributed by atoms with E-state index in [0.29, 0.717) is 11.7 Å². The number of benzene rings is 1. The Morgan fingerprint density at radius 3 is 3.11 bits per heavy atom. The second-order valence-corrected chi connectivity index (χ2v) is 7.47. The Labute approximate surface area is 165 Å². The largest absolute Gasteiger partial charge is 0.298 e. The fourth-order valence-corrected chi connectivity index (χ4v) is 4.05. The van der Waals surface area contributed by atoms with Gasteiger partial charge in [-0.15, -0.1) is 0 Å². The zero-order valence-electron chi connectivity index (χ0n) is 16.5. The minimum Gasteiger partial charge on any atom is -0.298 e. The van der Waals surface area contributed by atoms with E-state index >= 15 is 0 Å². The smallest absolute Gasteiger partial charge is 0.252 e. The van der Waals surface area contributed by atoms with Crippen LogP contribution < -0.4 is 0 Å². The summed E-state index contributed by atoms with van der Waals surface area (Å²) in [4.78, 5) is 15.6. The fraction of sp³-hybridized carbons (Fsp3) is 0.364. The van der Waals surface area contributed by atoms with Gasteiger partial charge in [0.2, 0.25) is 0 Å². The Morgan fingerprint density at radius 2 is 2.25 bits per heavy atom. The number of rotatable bonds is 5.